The second kappa shape index (κ2) is 4.89. The summed E-state index contributed by atoms with van der Waals surface area (Å²) < 4.78 is 19.4. The summed E-state index contributed by atoms with van der Waals surface area (Å²) in [4.78, 5) is 3.59. The van der Waals surface area contributed by atoms with Gasteiger partial charge in [-0.15, -0.1) is 0 Å². The molecule has 0 saturated carbocycles. The van der Waals surface area contributed by atoms with Crippen molar-refractivity contribution in [3.63, 3.8) is 0 Å². The normalized spacial score (nSPS) is 19.5. The van der Waals surface area contributed by atoms with Crippen LogP contribution in [0.1, 0.15) is 0 Å². The third-order valence-electron chi connectivity index (χ3n) is 2.06. The first-order chi connectivity index (χ1) is 7.25. The molecule has 0 amide bonds. The van der Waals surface area contributed by atoms with Crippen LogP contribution in [0.2, 0.25) is 0 Å². The van der Waals surface area contributed by atoms with Gasteiger partial charge in [0.05, 0.1) is 6.04 Å². The Labute approximate surface area is 101 Å². The van der Waals surface area contributed by atoms with Crippen LogP contribution in [-0.4, -0.2) is 24.2 Å². The summed E-state index contributed by atoms with van der Waals surface area (Å²) in [6.45, 7) is 1.27. The lowest BCUT2D eigenvalue weighted by molar-refractivity contribution is 0.276. The number of hydrogen-bond donors (Lipinski definition) is 1. The van der Waals surface area contributed by atoms with Gasteiger partial charge in [0.2, 0.25) is 0 Å². The smallest absolute Gasteiger partial charge is 0.255 e. The van der Waals surface area contributed by atoms with Gasteiger partial charge in [-0.05, 0) is 28.7 Å². The summed E-state index contributed by atoms with van der Waals surface area (Å²) in [5.41, 5.74) is 0. The molecule has 1 aromatic rings. The first kappa shape index (κ1) is 10.8. The van der Waals surface area contributed by atoms with Gasteiger partial charge >= 0.3 is 0 Å². The summed E-state index contributed by atoms with van der Waals surface area (Å²) in [5, 5.41) is 3.18. The topological polar surface area (TPSA) is 34.1 Å². The standard InChI is InChI=1S/C10H10FIN2O/c11-10-9(4-7(12)5-14-10)15-6-8-2-1-3-13-8/h1-2,4-5,8,13H,3,6H2/i11-1. The van der Waals surface area contributed by atoms with E-state index < -0.39 is 5.95 Å². The molecule has 0 bridgehead atoms. The average Bonchev–Trinajstić information content (AvgIpc) is 2.72. The van der Waals surface area contributed by atoms with Crippen molar-refractivity contribution in [2.45, 2.75) is 6.04 Å². The number of rotatable bonds is 3. The summed E-state index contributed by atoms with van der Waals surface area (Å²) >= 11 is 2.07. The quantitative estimate of drug-likeness (QED) is 0.523. The van der Waals surface area contributed by atoms with Crippen molar-refractivity contribution in [1.29, 1.82) is 0 Å². The van der Waals surface area contributed by atoms with E-state index in [4.69, 9.17) is 4.74 Å². The zero-order valence-electron chi connectivity index (χ0n) is 7.91. The van der Waals surface area contributed by atoms with Crippen LogP contribution in [0.25, 0.3) is 0 Å². The number of ether oxygens (including phenoxy) is 1. The molecule has 0 aromatic carbocycles. The van der Waals surface area contributed by atoms with E-state index in [1.165, 1.54) is 6.20 Å². The second-order valence-electron chi connectivity index (χ2n) is 3.20. The third kappa shape index (κ3) is 2.88. The van der Waals surface area contributed by atoms with E-state index in [2.05, 4.69) is 32.9 Å². The maximum Gasteiger partial charge on any atom is 0.255 e. The minimum atomic E-state index is -0.558. The Kier molecular flexibility index (Phi) is 3.53. The summed E-state index contributed by atoms with van der Waals surface area (Å²) in [7, 11) is 0. The molecule has 1 aromatic heterocycles. The van der Waals surface area contributed by atoms with Crippen LogP contribution < -0.4 is 10.1 Å². The van der Waals surface area contributed by atoms with E-state index >= 15 is 0 Å². The SMILES string of the molecule is [18F]c1ncc(I)cc1OCC1C=CCN1. The predicted molar refractivity (Wildman–Crippen MR) is 63.3 cm³/mol. The van der Waals surface area contributed by atoms with E-state index in [0.717, 1.165) is 10.1 Å². The van der Waals surface area contributed by atoms with Crippen LogP contribution >= 0.6 is 22.6 Å². The Morgan fingerprint density at radius 2 is 2.53 bits per heavy atom. The highest BCUT2D eigenvalue weighted by molar-refractivity contribution is 14.1. The highest BCUT2D eigenvalue weighted by Crippen LogP contribution is 2.17. The lowest BCUT2D eigenvalue weighted by atomic mass is 10.3. The van der Waals surface area contributed by atoms with Crippen LogP contribution in [0.5, 0.6) is 5.75 Å². The van der Waals surface area contributed by atoms with Gasteiger partial charge in [0.1, 0.15) is 6.61 Å². The van der Waals surface area contributed by atoms with Gasteiger partial charge in [-0.3, -0.25) is 0 Å². The highest BCUT2D eigenvalue weighted by atomic mass is 127. The number of nitrogens with one attached hydrogen (secondary N) is 1. The fraction of sp³-hybridized carbons (Fsp3) is 0.300. The fourth-order valence-electron chi connectivity index (χ4n) is 1.32. The van der Waals surface area contributed by atoms with E-state index in [-0.39, 0.29) is 11.8 Å². The Morgan fingerprint density at radius 3 is 3.27 bits per heavy atom. The summed E-state index contributed by atoms with van der Waals surface area (Å²) in [6.07, 6.45) is 5.51. The monoisotopic (exact) mass is 319 g/mol. The molecule has 5 heteroatoms. The number of pyridine rings is 1. The lowest BCUT2D eigenvalue weighted by Crippen LogP contribution is -2.28. The van der Waals surface area contributed by atoms with Gasteiger partial charge in [-0.1, -0.05) is 12.2 Å². The van der Waals surface area contributed by atoms with E-state index in [1.807, 2.05) is 12.2 Å². The van der Waals surface area contributed by atoms with Gasteiger partial charge < -0.3 is 10.1 Å². The van der Waals surface area contributed by atoms with Crippen LogP contribution in [0.4, 0.5) is 4.39 Å². The van der Waals surface area contributed by atoms with Crippen molar-refractivity contribution >= 4 is 22.6 Å². The Morgan fingerprint density at radius 1 is 1.67 bits per heavy atom. The maximum absolute atomic E-state index is 13.2. The first-order valence-corrected chi connectivity index (χ1v) is 5.67. The van der Waals surface area contributed by atoms with Crippen molar-refractivity contribution in [3.05, 3.63) is 33.9 Å². The molecule has 0 spiro atoms. The number of nitrogens with zero attached hydrogens (tertiary/aromatic N) is 1. The zero-order valence-corrected chi connectivity index (χ0v) is 10.1. The molecule has 1 N–H and O–H groups in total. The molecule has 1 aliphatic heterocycles. The Hall–Kier alpha value is -0.690. The van der Waals surface area contributed by atoms with Crippen molar-refractivity contribution in [3.8, 4) is 5.75 Å². The molecule has 1 aliphatic rings. The van der Waals surface area contributed by atoms with Crippen LogP contribution in [-0.2, 0) is 0 Å². The van der Waals surface area contributed by atoms with Crippen LogP contribution in [0.3, 0.4) is 0 Å². The van der Waals surface area contributed by atoms with E-state index in [9.17, 15) is 4.39 Å². The van der Waals surface area contributed by atoms with Gasteiger partial charge in [0.15, 0.2) is 5.75 Å². The molecular formula is C10H10FIN2O. The number of hydrogen-bond acceptors (Lipinski definition) is 3. The average molecular weight is 319 g/mol. The van der Waals surface area contributed by atoms with Crippen molar-refractivity contribution in [2.75, 3.05) is 13.2 Å². The second-order valence-corrected chi connectivity index (χ2v) is 4.44. The summed E-state index contributed by atoms with van der Waals surface area (Å²) in [5.74, 6) is -0.346. The van der Waals surface area contributed by atoms with E-state index in [1.54, 1.807) is 6.07 Å². The van der Waals surface area contributed by atoms with E-state index in [0.29, 0.717) is 6.61 Å². The molecule has 0 radical (unpaired) electrons. The van der Waals surface area contributed by atoms with Crippen molar-refractivity contribution in [2.24, 2.45) is 0 Å². The Balaban J connectivity index is 1.97. The highest BCUT2D eigenvalue weighted by Gasteiger charge is 2.11. The molecule has 2 rings (SSSR count). The lowest BCUT2D eigenvalue weighted by Gasteiger charge is -2.11. The molecule has 1 unspecified atom stereocenters. The van der Waals surface area contributed by atoms with Crippen molar-refractivity contribution < 1.29 is 9.13 Å². The molecule has 0 fully saturated rings. The number of halogens is 2. The maximum atomic E-state index is 13.2. The van der Waals surface area contributed by atoms with Crippen molar-refractivity contribution in [1.82, 2.24) is 10.3 Å². The summed E-state index contributed by atoms with van der Waals surface area (Å²) in [6, 6.07) is 1.81. The minimum absolute atomic E-state index is 0.169. The molecule has 15 heavy (non-hydrogen) atoms. The molecular weight excluding hydrogens is 309 g/mol. The van der Waals surface area contributed by atoms with Gasteiger partial charge in [-0.25, -0.2) is 4.98 Å². The number of aromatic nitrogens is 1. The molecule has 1 atom stereocenters. The zero-order chi connectivity index (χ0) is 10.7. The molecule has 3 nitrogen and oxygen atoms in total. The third-order valence-corrected chi connectivity index (χ3v) is 2.65. The fourth-order valence-corrected chi connectivity index (χ4v) is 1.74. The van der Waals surface area contributed by atoms with Gasteiger partial charge in [0, 0.05) is 16.3 Å². The predicted octanol–water partition coefficient (Wildman–Crippen LogP) is 1.73. The van der Waals surface area contributed by atoms with Gasteiger partial charge in [-0.2, -0.15) is 4.39 Å². The molecule has 0 saturated heterocycles. The van der Waals surface area contributed by atoms with Crippen LogP contribution in [0, 0.1) is 9.52 Å². The molecule has 80 valence electrons. The molecule has 2 heterocycles. The molecule has 0 aliphatic carbocycles. The van der Waals surface area contributed by atoms with Gasteiger partial charge in [0.25, 0.3) is 5.95 Å². The van der Waals surface area contributed by atoms with Crippen LogP contribution in [0.15, 0.2) is 24.4 Å². The largest absolute Gasteiger partial charge is 0.487 e. The Bertz CT molecular complexity index is 384. The first-order valence-electron chi connectivity index (χ1n) is 4.59. The minimum Gasteiger partial charge on any atom is -0.487 e.